The molecule has 0 radical (unpaired) electrons. The first kappa shape index (κ1) is 36.1. The van der Waals surface area contributed by atoms with Crippen molar-refractivity contribution < 1.29 is 38.0 Å². The summed E-state index contributed by atoms with van der Waals surface area (Å²) in [4.78, 5) is 17.5. The Bertz CT molecular complexity index is 2120. The predicted octanol–water partition coefficient (Wildman–Crippen LogP) is 8.83. The molecule has 0 saturated heterocycles. The second-order valence-corrected chi connectivity index (χ2v) is 12.8. The lowest BCUT2D eigenvalue weighted by Crippen LogP contribution is -2.09. The Balaban J connectivity index is 1.07. The smallest absolute Gasteiger partial charge is 0.244 e. The Morgan fingerprint density at radius 2 is 1.25 bits per heavy atom. The fourth-order valence-electron chi connectivity index (χ4n) is 5.81. The molecule has 4 aromatic carbocycles. The number of hydrogen-bond acceptors (Lipinski definition) is 11. The fourth-order valence-corrected chi connectivity index (χ4v) is 6.77. The molecule has 6 aromatic rings. The van der Waals surface area contributed by atoms with Crippen LogP contribution in [0, 0.1) is 0 Å². The van der Waals surface area contributed by atoms with Crippen LogP contribution in [0.2, 0.25) is 0 Å². The van der Waals surface area contributed by atoms with E-state index in [1.165, 1.54) is 11.6 Å². The first-order valence-electron chi connectivity index (χ1n) is 16.8. The van der Waals surface area contributed by atoms with Crippen LogP contribution in [0.4, 0.5) is 0 Å². The Morgan fingerprint density at radius 3 is 1.90 bits per heavy atom. The number of carbonyl (C=O) groups is 1. The van der Waals surface area contributed by atoms with Gasteiger partial charge in [-0.15, -0.1) is 11.3 Å². The molecule has 52 heavy (non-hydrogen) atoms. The number of thiazole rings is 1. The maximum Gasteiger partial charge on any atom is 0.244 e. The lowest BCUT2D eigenvalue weighted by Gasteiger charge is -2.13. The van der Waals surface area contributed by atoms with Crippen LogP contribution < -0.4 is 33.2 Å². The summed E-state index contributed by atoms with van der Waals surface area (Å²) in [7, 11) is 7.90. The zero-order chi connectivity index (χ0) is 36.6. The number of hydrogen-bond donors (Lipinski definition) is 0. The summed E-state index contributed by atoms with van der Waals surface area (Å²) >= 11 is 1.65. The highest BCUT2D eigenvalue weighted by molar-refractivity contribution is 7.21. The van der Waals surface area contributed by atoms with E-state index in [1.807, 2.05) is 60.7 Å². The van der Waals surface area contributed by atoms with Crippen molar-refractivity contribution in [3.8, 4) is 73.3 Å². The second kappa shape index (κ2) is 16.5. The van der Waals surface area contributed by atoms with Gasteiger partial charge in [0.2, 0.25) is 11.7 Å². The van der Waals surface area contributed by atoms with E-state index in [1.54, 1.807) is 59.0 Å². The lowest BCUT2D eigenvalue weighted by atomic mass is 10.1. The minimum atomic E-state index is -0.240. The molecular formula is C40H41N3O8S. The molecule has 0 N–H and O–H groups in total. The standard InChI is InChI=1S/C40H41N3O8S/c1-25(44)43-31(24-30(42-43)28-22-36(47-4)39(49-6)37(23-28)48-5)26-14-16-32(45-2)35(20-26)51-19-11-7-10-18-50-33-17-15-27(21-34(33)46-3)40-41-29-12-8-9-13-38(29)52-40/h8-9,12-17,20-24H,7,10-11,18-19H2,1-6H3. The van der Waals surface area contributed by atoms with Crippen molar-refractivity contribution in [1.82, 2.24) is 14.8 Å². The topological polar surface area (TPSA) is 112 Å². The van der Waals surface area contributed by atoms with E-state index in [-0.39, 0.29) is 5.91 Å². The Labute approximate surface area is 306 Å². The van der Waals surface area contributed by atoms with Crippen molar-refractivity contribution in [1.29, 1.82) is 0 Å². The fraction of sp³-hybridized carbons (Fsp3) is 0.275. The maximum atomic E-state index is 12.7. The summed E-state index contributed by atoms with van der Waals surface area (Å²) in [6.07, 6.45) is 2.54. The van der Waals surface area contributed by atoms with Crippen LogP contribution in [0.5, 0.6) is 40.2 Å². The zero-order valence-electron chi connectivity index (χ0n) is 30.1. The van der Waals surface area contributed by atoms with Gasteiger partial charge in [-0.05, 0) is 86.0 Å². The maximum absolute atomic E-state index is 12.7. The highest BCUT2D eigenvalue weighted by Crippen LogP contribution is 2.42. The van der Waals surface area contributed by atoms with Crippen LogP contribution in [0.1, 0.15) is 31.0 Å². The molecule has 0 atom stereocenters. The second-order valence-electron chi connectivity index (χ2n) is 11.7. The number of rotatable bonds is 16. The highest BCUT2D eigenvalue weighted by atomic mass is 32.1. The third-order valence-corrected chi connectivity index (χ3v) is 9.52. The summed E-state index contributed by atoms with van der Waals surface area (Å²) in [5, 5.41) is 5.56. The van der Waals surface area contributed by atoms with E-state index in [0.29, 0.717) is 70.4 Å². The summed E-state index contributed by atoms with van der Waals surface area (Å²) < 4.78 is 42.5. The number of carbonyl (C=O) groups excluding carboxylic acids is 1. The number of aromatic nitrogens is 3. The van der Waals surface area contributed by atoms with Crippen molar-refractivity contribution in [3.63, 3.8) is 0 Å². The van der Waals surface area contributed by atoms with Gasteiger partial charge in [0, 0.05) is 23.6 Å². The Hall–Kier alpha value is -5.75. The Morgan fingerprint density at radius 1 is 0.635 bits per heavy atom. The summed E-state index contributed by atoms with van der Waals surface area (Å²) in [6, 6.07) is 25.0. The van der Waals surface area contributed by atoms with Gasteiger partial charge < -0.3 is 33.2 Å². The van der Waals surface area contributed by atoms with E-state index in [0.717, 1.165) is 45.6 Å². The third kappa shape index (κ3) is 7.76. The van der Waals surface area contributed by atoms with Gasteiger partial charge in [-0.25, -0.2) is 4.98 Å². The average Bonchev–Trinajstić information content (AvgIpc) is 3.83. The monoisotopic (exact) mass is 723 g/mol. The third-order valence-electron chi connectivity index (χ3n) is 8.44. The number of unbranched alkanes of at least 4 members (excludes halogenated alkanes) is 2. The molecule has 2 aromatic heterocycles. The molecule has 270 valence electrons. The molecule has 0 unspecified atom stereocenters. The lowest BCUT2D eigenvalue weighted by molar-refractivity contribution is 0.0923. The van der Waals surface area contributed by atoms with Gasteiger partial charge in [0.25, 0.3) is 0 Å². The predicted molar refractivity (Wildman–Crippen MR) is 202 cm³/mol. The van der Waals surface area contributed by atoms with Gasteiger partial charge in [0.1, 0.15) is 5.01 Å². The first-order chi connectivity index (χ1) is 25.4. The van der Waals surface area contributed by atoms with Crippen LogP contribution in [-0.4, -0.2) is 69.4 Å². The van der Waals surface area contributed by atoms with Crippen LogP contribution in [0.3, 0.4) is 0 Å². The SMILES string of the molecule is COc1cc(-c2nc3ccccc3s2)ccc1OCCCCCOc1cc(-c2cc(-c3cc(OC)c(OC)c(OC)c3)nn2C(C)=O)ccc1OC. The highest BCUT2D eigenvalue weighted by Gasteiger charge is 2.20. The minimum absolute atomic E-state index is 0.240. The van der Waals surface area contributed by atoms with Crippen LogP contribution >= 0.6 is 11.3 Å². The van der Waals surface area contributed by atoms with Gasteiger partial charge >= 0.3 is 0 Å². The van der Waals surface area contributed by atoms with E-state index >= 15 is 0 Å². The van der Waals surface area contributed by atoms with Crippen LogP contribution in [0.25, 0.3) is 43.3 Å². The number of benzene rings is 4. The normalized spacial score (nSPS) is 11.0. The van der Waals surface area contributed by atoms with Gasteiger partial charge in [-0.3, -0.25) is 4.79 Å². The van der Waals surface area contributed by atoms with Gasteiger partial charge in [-0.1, -0.05) is 12.1 Å². The Kier molecular flexibility index (Phi) is 11.4. The quantitative estimate of drug-likeness (QED) is 0.0898. The number of nitrogens with zero attached hydrogens (tertiary/aromatic N) is 3. The van der Waals surface area contributed by atoms with E-state index < -0.39 is 0 Å². The molecule has 11 nitrogen and oxygen atoms in total. The van der Waals surface area contributed by atoms with Crippen molar-refractivity contribution in [2.24, 2.45) is 0 Å². The molecule has 2 heterocycles. The molecule has 0 aliphatic heterocycles. The van der Waals surface area contributed by atoms with Crippen molar-refractivity contribution in [2.45, 2.75) is 26.2 Å². The van der Waals surface area contributed by atoms with Gasteiger partial charge in [0.15, 0.2) is 34.5 Å². The summed E-state index contributed by atoms with van der Waals surface area (Å²) in [5.74, 6) is 3.73. The largest absolute Gasteiger partial charge is 0.493 e. The van der Waals surface area contributed by atoms with Crippen molar-refractivity contribution in [2.75, 3.05) is 48.8 Å². The van der Waals surface area contributed by atoms with Crippen molar-refractivity contribution in [3.05, 3.63) is 78.9 Å². The van der Waals surface area contributed by atoms with Crippen LogP contribution in [0.15, 0.2) is 78.9 Å². The van der Waals surface area contributed by atoms with Crippen molar-refractivity contribution >= 4 is 27.5 Å². The average molecular weight is 724 g/mol. The van der Waals surface area contributed by atoms with Gasteiger partial charge in [-0.2, -0.15) is 9.78 Å². The van der Waals surface area contributed by atoms with Crippen LogP contribution in [-0.2, 0) is 0 Å². The number of ether oxygens (including phenoxy) is 7. The zero-order valence-corrected chi connectivity index (χ0v) is 30.9. The number of para-hydroxylation sites is 1. The first-order valence-corrected chi connectivity index (χ1v) is 17.6. The molecular weight excluding hydrogens is 683 g/mol. The summed E-state index contributed by atoms with van der Waals surface area (Å²) in [5.41, 5.74) is 4.58. The molecule has 0 spiro atoms. The molecule has 6 rings (SSSR count). The van der Waals surface area contributed by atoms with E-state index in [4.69, 9.17) is 38.1 Å². The van der Waals surface area contributed by atoms with Gasteiger partial charge in [0.05, 0.1) is 70.4 Å². The molecule has 12 heteroatoms. The van der Waals surface area contributed by atoms with E-state index in [2.05, 4.69) is 11.2 Å². The molecule has 0 bridgehead atoms. The molecule has 0 amide bonds. The minimum Gasteiger partial charge on any atom is -0.493 e. The molecule has 0 aliphatic rings. The number of methoxy groups -OCH3 is 5. The van der Waals surface area contributed by atoms with E-state index in [9.17, 15) is 4.79 Å². The molecule has 0 saturated carbocycles. The molecule has 0 aliphatic carbocycles. The number of fused-ring (bicyclic) bond motifs is 1. The summed E-state index contributed by atoms with van der Waals surface area (Å²) in [6.45, 7) is 2.48. The molecule has 0 fully saturated rings.